The molecule has 1 atom stereocenters. The molecule has 0 unspecified atom stereocenters. The van der Waals surface area contributed by atoms with Crippen LogP contribution in [0.2, 0.25) is 0 Å². The van der Waals surface area contributed by atoms with Gasteiger partial charge in [-0.1, -0.05) is 19.9 Å². The number of anilines is 2. The number of halogens is 2. The highest BCUT2D eigenvalue weighted by atomic mass is 19.1. The van der Waals surface area contributed by atoms with Gasteiger partial charge in [0.15, 0.2) is 11.6 Å². The second kappa shape index (κ2) is 9.32. The van der Waals surface area contributed by atoms with Crippen molar-refractivity contribution in [1.29, 1.82) is 0 Å². The summed E-state index contributed by atoms with van der Waals surface area (Å²) in [5.41, 5.74) is 6.72. The molecule has 3 N–H and O–H groups in total. The van der Waals surface area contributed by atoms with Gasteiger partial charge in [-0.2, -0.15) is 14.9 Å². The zero-order chi connectivity index (χ0) is 27.4. The number of hydrogen-bond acceptors (Lipinski definition) is 6. The first kappa shape index (κ1) is 25.5. The maximum absolute atomic E-state index is 14.4. The number of rotatable bonds is 5. The molecule has 0 aliphatic carbocycles. The van der Waals surface area contributed by atoms with Gasteiger partial charge < -0.3 is 16.0 Å². The van der Waals surface area contributed by atoms with Gasteiger partial charge >= 0.3 is 0 Å². The van der Waals surface area contributed by atoms with Crippen LogP contribution in [0.3, 0.4) is 0 Å². The largest absolute Gasteiger partial charge is 0.367 e. The molecule has 1 saturated heterocycles. The van der Waals surface area contributed by atoms with Crippen molar-refractivity contribution < 1.29 is 13.6 Å². The van der Waals surface area contributed by atoms with Gasteiger partial charge in [0.25, 0.3) is 11.5 Å². The molecule has 1 aliphatic rings. The van der Waals surface area contributed by atoms with Gasteiger partial charge in [0.2, 0.25) is 0 Å². The van der Waals surface area contributed by atoms with E-state index in [2.05, 4.69) is 34.3 Å². The van der Waals surface area contributed by atoms with Crippen LogP contribution >= 0.6 is 0 Å². The number of hydrogen-bond donors (Lipinski definition) is 2. The molecule has 11 heteroatoms. The third-order valence-electron chi connectivity index (χ3n) is 6.97. The van der Waals surface area contributed by atoms with Crippen molar-refractivity contribution >= 4 is 28.2 Å². The summed E-state index contributed by atoms with van der Waals surface area (Å²) in [5.74, 6) is -2.59. The molecule has 1 aliphatic heterocycles. The summed E-state index contributed by atoms with van der Waals surface area (Å²) in [5, 5.41) is 12.4. The van der Waals surface area contributed by atoms with Crippen LogP contribution in [0.5, 0.6) is 0 Å². The zero-order valence-electron chi connectivity index (χ0n) is 21.6. The number of carbonyl (C=O) groups excluding carboxylic acids is 1. The van der Waals surface area contributed by atoms with E-state index in [-0.39, 0.29) is 23.2 Å². The van der Waals surface area contributed by atoms with Gasteiger partial charge in [-0.15, -0.1) is 0 Å². The fourth-order valence-electron chi connectivity index (χ4n) is 4.70. The predicted octanol–water partition coefficient (Wildman–Crippen LogP) is 3.87. The molecule has 0 saturated carbocycles. The van der Waals surface area contributed by atoms with E-state index in [9.17, 15) is 18.4 Å². The molecule has 1 amide bonds. The zero-order valence-corrected chi connectivity index (χ0v) is 21.6. The molecule has 38 heavy (non-hydrogen) atoms. The lowest BCUT2D eigenvalue weighted by Crippen LogP contribution is -2.35. The van der Waals surface area contributed by atoms with Crippen LogP contribution in [0.1, 0.15) is 44.2 Å². The predicted molar refractivity (Wildman–Crippen MR) is 142 cm³/mol. The highest BCUT2D eigenvalue weighted by molar-refractivity contribution is 6.08. The molecule has 2 aromatic heterocycles. The van der Waals surface area contributed by atoms with Gasteiger partial charge in [-0.3, -0.25) is 14.3 Å². The van der Waals surface area contributed by atoms with Crippen LogP contribution < -0.4 is 21.5 Å². The summed E-state index contributed by atoms with van der Waals surface area (Å²) in [6, 6.07) is 9.11. The first-order valence-corrected chi connectivity index (χ1v) is 12.3. The number of benzene rings is 2. The molecule has 0 spiro atoms. The van der Waals surface area contributed by atoms with Crippen LogP contribution in [0.15, 0.2) is 53.5 Å². The fraction of sp³-hybridized carbons (Fsp3) is 0.333. The lowest BCUT2D eigenvalue weighted by atomic mass is 9.89. The van der Waals surface area contributed by atoms with Crippen LogP contribution in [-0.4, -0.2) is 44.6 Å². The fourth-order valence-corrected chi connectivity index (χ4v) is 4.70. The highest BCUT2D eigenvalue weighted by Gasteiger charge is 2.38. The third kappa shape index (κ3) is 4.43. The minimum atomic E-state index is -0.972. The topological polar surface area (TPSA) is 111 Å². The van der Waals surface area contributed by atoms with Crippen molar-refractivity contribution in [1.82, 2.24) is 19.6 Å². The van der Waals surface area contributed by atoms with Crippen LogP contribution in [0, 0.1) is 17.0 Å². The summed E-state index contributed by atoms with van der Waals surface area (Å²) in [6.07, 6.45) is 1.95. The van der Waals surface area contributed by atoms with E-state index in [4.69, 9.17) is 5.73 Å². The Labute approximate surface area is 217 Å². The molecule has 0 bridgehead atoms. The second-order valence-corrected chi connectivity index (χ2v) is 10.6. The van der Waals surface area contributed by atoms with E-state index in [1.165, 1.54) is 12.1 Å². The van der Waals surface area contributed by atoms with Crippen LogP contribution in [-0.2, 0) is 0 Å². The molecular formula is C27H29F2N7O2. The average Bonchev–Trinajstić information content (AvgIpc) is 3.40. The monoisotopic (exact) mass is 521 g/mol. The van der Waals surface area contributed by atoms with E-state index in [1.807, 2.05) is 30.8 Å². The average molecular weight is 522 g/mol. The van der Waals surface area contributed by atoms with Crippen molar-refractivity contribution in [3.63, 3.8) is 0 Å². The Morgan fingerprint density at radius 3 is 2.42 bits per heavy atom. The summed E-state index contributed by atoms with van der Waals surface area (Å²) < 4.78 is 31.1. The Balaban J connectivity index is 1.57. The number of aromatic nitrogens is 4. The molecule has 4 aromatic rings. The Morgan fingerprint density at radius 2 is 1.79 bits per heavy atom. The summed E-state index contributed by atoms with van der Waals surface area (Å²) in [7, 11) is 0. The van der Waals surface area contributed by atoms with E-state index >= 15 is 0 Å². The molecular weight excluding hydrogens is 492 g/mol. The molecule has 5 rings (SSSR count). The van der Waals surface area contributed by atoms with Gasteiger partial charge in [-0.05, 0) is 49.6 Å². The van der Waals surface area contributed by atoms with Crippen molar-refractivity contribution in [3.05, 3.63) is 76.3 Å². The Kier molecular flexibility index (Phi) is 6.26. The van der Waals surface area contributed by atoms with E-state index in [0.717, 1.165) is 34.8 Å². The number of nitrogens with zero attached hydrogens (tertiary/aromatic N) is 5. The lowest BCUT2D eigenvalue weighted by molar-refractivity contribution is 0.102. The van der Waals surface area contributed by atoms with Crippen molar-refractivity contribution in [3.8, 4) is 5.69 Å². The van der Waals surface area contributed by atoms with E-state index in [0.29, 0.717) is 23.5 Å². The van der Waals surface area contributed by atoms with Gasteiger partial charge in [0.1, 0.15) is 11.4 Å². The van der Waals surface area contributed by atoms with Gasteiger partial charge in [-0.25, -0.2) is 8.78 Å². The van der Waals surface area contributed by atoms with E-state index < -0.39 is 28.8 Å². The highest BCUT2D eigenvalue weighted by Crippen LogP contribution is 2.40. The van der Waals surface area contributed by atoms with Crippen molar-refractivity contribution in [2.75, 3.05) is 23.3 Å². The molecule has 3 heterocycles. The number of nitrogens with two attached hydrogens (primary N) is 1. The first-order chi connectivity index (χ1) is 18.0. The summed E-state index contributed by atoms with van der Waals surface area (Å²) >= 11 is 0. The van der Waals surface area contributed by atoms with Crippen LogP contribution in [0.25, 0.3) is 16.6 Å². The molecule has 0 radical (unpaired) electrons. The minimum absolute atomic E-state index is 0.0812. The summed E-state index contributed by atoms with van der Waals surface area (Å²) in [6.45, 7) is 9.51. The van der Waals surface area contributed by atoms with Gasteiger partial charge in [0.05, 0.1) is 16.9 Å². The molecule has 2 aromatic carbocycles. The Morgan fingerprint density at radius 1 is 1.08 bits per heavy atom. The quantitative estimate of drug-likeness (QED) is 0.413. The first-order valence-electron chi connectivity index (χ1n) is 12.3. The maximum Gasteiger partial charge on any atom is 0.276 e. The molecule has 198 valence electrons. The third-order valence-corrected chi connectivity index (χ3v) is 6.97. The minimum Gasteiger partial charge on any atom is -0.367 e. The molecule has 1 fully saturated rings. The second-order valence-electron chi connectivity index (χ2n) is 10.6. The standard InChI is InChI=1S/C27H29F2N7O2/c1-15(2)35-12-16-19(32-35)8-9-20(24(16)34-13-22(30)27(3,4)14-34)31-26(38)21-10-11-23(37)36(33-21)25-17(28)6-5-7-18(25)29/h5-12,15,22H,13-14,30H2,1-4H3,(H,31,38)/t22-/m1/s1. The Bertz CT molecular complexity index is 1590. The molecule has 9 nitrogen and oxygen atoms in total. The maximum atomic E-state index is 14.4. The number of carbonyl (C=O) groups is 1. The van der Waals surface area contributed by atoms with Crippen molar-refractivity contribution in [2.45, 2.75) is 39.8 Å². The normalized spacial score (nSPS) is 16.9. The van der Waals surface area contributed by atoms with E-state index in [1.54, 1.807) is 6.07 Å². The van der Waals surface area contributed by atoms with Crippen LogP contribution in [0.4, 0.5) is 20.2 Å². The lowest BCUT2D eigenvalue weighted by Gasteiger charge is -2.25. The number of amides is 1. The van der Waals surface area contributed by atoms with Gasteiger partial charge in [0, 0.05) is 42.8 Å². The number of fused-ring (bicyclic) bond motifs is 1. The number of para-hydroxylation sites is 1. The summed E-state index contributed by atoms with van der Waals surface area (Å²) in [4.78, 5) is 27.9. The smallest absolute Gasteiger partial charge is 0.276 e. The SMILES string of the molecule is CC(C)n1cc2c(N3C[C@@H](N)C(C)(C)C3)c(NC(=O)c3ccc(=O)n(-c4c(F)cccc4F)n3)ccc2n1. The Hall–Kier alpha value is -4.12. The number of nitrogens with one attached hydrogen (secondary N) is 1. The van der Waals surface area contributed by atoms with Crippen molar-refractivity contribution in [2.24, 2.45) is 11.1 Å².